The summed E-state index contributed by atoms with van der Waals surface area (Å²) in [7, 11) is 0. The maximum absolute atomic E-state index is 11.9. The molecular formula is C17H24N2O4. The highest BCUT2D eigenvalue weighted by atomic mass is 16.5. The van der Waals surface area contributed by atoms with E-state index in [0.717, 1.165) is 5.56 Å². The van der Waals surface area contributed by atoms with Gasteiger partial charge in [-0.3, -0.25) is 9.59 Å². The van der Waals surface area contributed by atoms with Crippen molar-refractivity contribution < 1.29 is 19.1 Å². The number of amides is 2. The Kier molecular flexibility index (Phi) is 7.03. The maximum Gasteiger partial charge on any atom is 0.312 e. The molecule has 1 aromatic carbocycles. The largest absolute Gasteiger partial charge is 0.378 e. The summed E-state index contributed by atoms with van der Waals surface area (Å²) in [6.45, 7) is 4.89. The molecule has 0 unspecified atom stereocenters. The number of hydrogen-bond acceptors (Lipinski definition) is 4. The van der Waals surface area contributed by atoms with Crippen LogP contribution in [0.15, 0.2) is 30.3 Å². The third-order valence-electron chi connectivity index (χ3n) is 3.74. The van der Waals surface area contributed by atoms with Gasteiger partial charge in [0.1, 0.15) is 0 Å². The zero-order valence-corrected chi connectivity index (χ0v) is 13.5. The summed E-state index contributed by atoms with van der Waals surface area (Å²) in [5.41, 5.74) is 1.12. The van der Waals surface area contributed by atoms with Crippen molar-refractivity contribution in [2.24, 2.45) is 0 Å². The fourth-order valence-electron chi connectivity index (χ4n) is 2.34. The fraction of sp³-hybridized carbons (Fsp3) is 0.529. The number of morpholine rings is 1. The first-order valence-electron chi connectivity index (χ1n) is 8.00. The number of rotatable bonds is 6. The average Bonchev–Trinajstić information content (AvgIpc) is 2.62. The van der Waals surface area contributed by atoms with Gasteiger partial charge in [-0.15, -0.1) is 0 Å². The molecule has 126 valence electrons. The van der Waals surface area contributed by atoms with Crippen LogP contribution in [0, 0.1) is 0 Å². The minimum absolute atomic E-state index is 0.0156. The van der Waals surface area contributed by atoms with Gasteiger partial charge in [0.15, 0.2) is 0 Å². The van der Waals surface area contributed by atoms with Crippen LogP contribution >= 0.6 is 0 Å². The number of nitrogens with one attached hydrogen (secondary N) is 1. The van der Waals surface area contributed by atoms with Crippen LogP contribution in [0.4, 0.5) is 0 Å². The Labute approximate surface area is 136 Å². The average molecular weight is 320 g/mol. The molecule has 1 atom stereocenters. The zero-order chi connectivity index (χ0) is 16.5. The van der Waals surface area contributed by atoms with Crippen molar-refractivity contribution in [3.05, 3.63) is 35.9 Å². The Hall–Kier alpha value is -1.92. The lowest BCUT2D eigenvalue weighted by atomic mass is 10.1. The first-order chi connectivity index (χ1) is 11.2. The molecule has 1 N–H and O–H groups in total. The number of benzene rings is 1. The maximum atomic E-state index is 11.9. The van der Waals surface area contributed by atoms with Gasteiger partial charge in [-0.2, -0.15) is 0 Å². The van der Waals surface area contributed by atoms with Gasteiger partial charge < -0.3 is 19.7 Å². The lowest BCUT2D eigenvalue weighted by Gasteiger charge is -2.26. The van der Waals surface area contributed by atoms with Gasteiger partial charge in [0.2, 0.25) is 0 Å². The second-order valence-corrected chi connectivity index (χ2v) is 5.44. The van der Waals surface area contributed by atoms with Crippen LogP contribution in [0.25, 0.3) is 0 Å². The van der Waals surface area contributed by atoms with Crippen molar-refractivity contribution in [1.82, 2.24) is 10.2 Å². The van der Waals surface area contributed by atoms with E-state index in [9.17, 15) is 9.59 Å². The summed E-state index contributed by atoms with van der Waals surface area (Å²) in [4.78, 5) is 25.2. The summed E-state index contributed by atoms with van der Waals surface area (Å²) in [6, 6.07) is 9.97. The van der Waals surface area contributed by atoms with E-state index in [-0.39, 0.29) is 6.10 Å². The Morgan fingerprint density at radius 1 is 1.26 bits per heavy atom. The predicted molar refractivity (Wildman–Crippen MR) is 85.8 cm³/mol. The van der Waals surface area contributed by atoms with E-state index in [1.165, 1.54) is 4.90 Å². The molecule has 6 heteroatoms. The molecule has 1 saturated heterocycles. The molecule has 1 aromatic rings. The van der Waals surface area contributed by atoms with E-state index < -0.39 is 11.8 Å². The molecule has 23 heavy (non-hydrogen) atoms. The Balaban J connectivity index is 1.59. The van der Waals surface area contributed by atoms with Crippen LogP contribution in [0.3, 0.4) is 0 Å². The number of carbonyl (C=O) groups excluding carboxylic acids is 2. The van der Waals surface area contributed by atoms with Crippen LogP contribution in [-0.2, 0) is 19.1 Å². The van der Waals surface area contributed by atoms with E-state index in [4.69, 9.17) is 9.47 Å². The van der Waals surface area contributed by atoms with Crippen molar-refractivity contribution in [3.63, 3.8) is 0 Å². The highest BCUT2D eigenvalue weighted by molar-refractivity contribution is 6.35. The first-order valence-corrected chi connectivity index (χ1v) is 8.00. The molecule has 0 radical (unpaired) electrons. The summed E-state index contributed by atoms with van der Waals surface area (Å²) < 4.78 is 10.9. The van der Waals surface area contributed by atoms with E-state index in [1.54, 1.807) is 0 Å². The van der Waals surface area contributed by atoms with Crippen LogP contribution < -0.4 is 5.32 Å². The van der Waals surface area contributed by atoms with Crippen LogP contribution in [0.5, 0.6) is 0 Å². The molecule has 0 aliphatic carbocycles. The topological polar surface area (TPSA) is 67.9 Å². The predicted octanol–water partition coefficient (Wildman–Crippen LogP) is 1.13. The minimum Gasteiger partial charge on any atom is -0.378 e. The Bertz CT molecular complexity index is 501. The van der Waals surface area contributed by atoms with Crippen LogP contribution in [0.2, 0.25) is 0 Å². The fourth-order valence-corrected chi connectivity index (χ4v) is 2.34. The number of nitrogens with zero attached hydrogens (tertiary/aromatic N) is 1. The summed E-state index contributed by atoms with van der Waals surface area (Å²) in [6.07, 6.45) is 0.682. The molecule has 0 spiro atoms. The summed E-state index contributed by atoms with van der Waals surface area (Å²) in [5, 5.41) is 2.64. The molecule has 0 saturated carbocycles. The normalized spacial score (nSPS) is 16.0. The Morgan fingerprint density at radius 2 is 1.96 bits per heavy atom. The Morgan fingerprint density at radius 3 is 2.65 bits per heavy atom. The molecule has 1 aliphatic heterocycles. The van der Waals surface area contributed by atoms with E-state index >= 15 is 0 Å². The lowest BCUT2D eigenvalue weighted by Crippen LogP contribution is -2.48. The van der Waals surface area contributed by atoms with Gasteiger partial charge in [0.25, 0.3) is 0 Å². The monoisotopic (exact) mass is 320 g/mol. The van der Waals surface area contributed by atoms with Crippen molar-refractivity contribution >= 4 is 11.8 Å². The van der Waals surface area contributed by atoms with E-state index in [2.05, 4.69) is 5.32 Å². The number of hydrogen-bond donors (Lipinski definition) is 1. The minimum atomic E-state index is -0.553. The summed E-state index contributed by atoms with van der Waals surface area (Å²) >= 11 is 0. The van der Waals surface area contributed by atoms with Gasteiger partial charge in [-0.1, -0.05) is 30.3 Å². The molecule has 2 amide bonds. The van der Waals surface area contributed by atoms with Crippen LogP contribution in [-0.4, -0.2) is 56.2 Å². The van der Waals surface area contributed by atoms with E-state index in [0.29, 0.717) is 45.9 Å². The van der Waals surface area contributed by atoms with Gasteiger partial charge in [-0.05, 0) is 18.9 Å². The first kappa shape index (κ1) is 17.4. The highest BCUT2D eigenvalue weighted by Gasteiger charge is 2.22. The van der Waals surface area contributed by atoms with Gasteiger partial charge >= 0.3 is 11.8 Å². The van der Waals surface area contributed by atoms with Crippen LogP contribution in [0.1, 0.15) is 25.0 Å². The van der Waals surface area contributed by atoms with Gasteiger partial charge in [-0.25, -0.2) is 0 Å². The van der Waals surface area contributed by atoms with Gasteiger partial charge in [0.05, 0.1) is 19.3 Å². The molecule has 6 nitrogen and oxygen atoms in total. The second-order valence-electron chi connectivity index (χ2n) is 5.44. The molecule has 2 rings (SSSR count). The molecule has 0 aromatic heterocycles. The van der Waals surface area contributed by atoms with Crippen molar-refractivity contribution in [2.75, 3.05) is 39.5 Å². The van der Waals surface area contributed by atoms with Crippen molar-refractivity contribution in [3.8, 4) is 0 Å². The smallest absolute Gasteiger partial charge is 0.312 e. The molecule has 1 aliphatic rings. The molecular weight excluding hydrogens is 296 g/mol. The van der Waals surface area contributed by atoms with Crippen molar-refractivity contribution in [2.45, 2.75) is 19.4 Å². The van der Waals surface area contributed by atoms with Crippen molar-refractivity contribution in [1.29, 1.82) is 0 Å². The number of ether oxygens (including phenoxy) is 2. The SMILES string of the molecule is C[C@@H](OCCCNC(=O)C(=O)N1CCOCC1)c1ccccc1. The van der Waals surface area contributed by atoms with Gasteiger partial charge in [0, 0.05) is 26.2 Å². The lowest BCUT2D eigenvalue weighted by molar-refractivity contribution is -0.148. The molecule has 1 fully saturated rings. The zero-order valence-electron chi connectivity index (χ0n) is 13.5. The quantitative estimate of drug-likeness (QED) is 0.630. The number of carbonyl (C=O) groups is 2. The third kappa shape index (κ3) is 5.65. The second kappa shape index (κ2) is 9.27. The third-order valence-corrected chi connectivity index (χ3v) is 3.74. The molecule has 0 bridgehead atoms. The highest BCUT2D eigenvalue weighted by Crippen LogP contribution is 2.15. The molecule has 1 heterocycles. The summed E-state index contributed by atoms with van der Waals surface area (Å²) in [5.74, 6) is -1.03. The van der Waals surface area contributed by atoms with E-state index in [1.807, 2.05) is 37.3 Å². The standard InChI is InChI=1S/C17H24N2O4/c1-14(15-6-3-2-4-7-15)23-11-5-8-18-16(20)17(21)19-9-12-22-13-10-19/h2-4,6-7,14H,5,8-13H2,1H3,(H,18,20)/t14-/m1/s1.